The topological polar surface area (TPSA) is 90.7 Å². The van der Waals surface area contributed by atoms with E-state index in [2.05, 4.69) is 4.72 Å². The molecule has 20 heavy (non-hydrogen) atoms. The molecule has 1 saturated heterocycles. The second kappa shape index (κ2) is 6.84. The molecule has 1 unspecified atom stereocenters. The molecule has 3 N–H and O–H groups in total. The SMILES string of the molecule is NCc1ccc(S(=O)(=O)NCC2COCCO2)cc1Cl. The number of ether oxygens (including phenoxy) is 2. The van der Waals surface area contributed by atoms with Crippen LogP contribution in [0, 0.1) is 0 Å². The minimum absolute atomic E-state index is 0.108. The summed E-state index contributed by atoms with van der Waals surface area (Å²) in [6, 6.07) is 4.48. The Labute approximate surface area is 123 Å². The lowest BCUT2D eigenvalue weighted by atomic mass is 10.2. The first-order valence-electron chi connectivity index (χ1n) is 6.20. The van der Waals surface area contributed by atoms with Crippen molar-refractivity contribution in [3.8, 4) is 0 Å². The van der Waals surface area contributed by atoms with Gasteiger partial charge in [0, 0.05) is 18.1 Å². The average Bonchev–Trinajstić information content (AvgIpc) is 2.46. The van der Waals surface area contributed by atoms with E-state index in [0.717, 1.165) is 0 Å². The number of nitrogens with one attached hydrogen (secondary N) is 1. The van der Waals surface area contributed by atoms with Crippen molar-refractivity contribution < 1.29 is 17.9 Å². The van der Waals surface area contributed by atoms with E-state index in [-0.39, 0.29) is 24.1 Å². The van der Waals surface area contributed by atoms with Crippen LogP contribution in [0.1, 0.15) is 5.56 Å². The van der Waals surface area contributed by atoms with E-state index in [0.29, 0.717) is 30.4 Å². The lowest BCUT2D eigenvalue weighted by Crippen LogP contribution is -2.39. The molecule has 1 atom stereocenters. The third-order valence-corrected chi connectivity index (χ3v) is 4.71. The zero-order valence-corrected chi connectivity index (χ0v) is 12.4. The monoisotopic (exact) mass is 320 g/mol. The van der Waals surface area contributed by atoms with Crippen LogP contribution in [0.25, 0.3) is 0 Å². The van der Waals surface area contributed by atoms with Gasteiger partial charge in [-0.1, -0.05) is 17.7 Å². The van der Waals surface area contributed by atoms with Gasteiger partial charge in [0.2, 0.25) is 10.0 Å². The van der Waals surface area contributed by atoms with Crippen LogP contribution in [0.3, 0.4) is 0 Å². The second-order valence-electron chi connectivity index (χ2n) is 4.38. The van der Waals surface area contributed by atoms with Gasteiger partial charge in [-0.25, -0.2) is 13.1 Å². The first-order chi connectivity index (χ1) is 9.53. The van der Waals surface area contributed by atoms with Crippen molar-refractivity contribution in [3.05, 3.63) is 28.8 Å². The molecule has 1 aromatic carbocycles. The van der Waals surface area contributed by atoms with Gasteiger partial charge in [0.05, 0.1) is 30.8 Å². The van der Waals surface area contributed by atoms with Crippen molar-refractivity contribution in [2.45, 2.75) is 17.5 Å². The summed E-state index contributed by atoms with van der Waals surface area (Å²) in [6.07, 6.45) is -0.266. The highest BCUT2D eigenvalue weighted by Crippen LogP contribution is 2.20. The molecule has 1 aromatic rings. The summed E-state index contributed by atoms with van der Waals surface area (Å²) in [4.78, 5) is 0.108. The smallest absolute Gasteiger partial charge is 0.240 e. The van der Waals surface area contributed by atoms with Gasteiger partial charge in [0.1, 0.15) is 0 Å². The fourth-order valence-corrected chi connectivity index (χ4v) is 3.22. The van der Waals surface area contributed by atoms with Gasteiger partial charge in [-0.05, 0) is 17.7 Å². The Bertz CT molecular complexity index is 559. The van der Waals surface area contributed by atoms with Gasteiger partial charge in [0.15, 0.2) is 0 Å². The molecule has 0 saturated carbocycles. The molecule has 0 aliphatic carbocycles. The van der Waals surface area contributed by atoms with Gasteiger partial charge in [-0.2, -0.15) is 0 Å². The summed E-state index contributed by atoms with van der Waals surface area (Å²) in [5, 5.41) is 0.340. The first-order valence-corrected chi connectivity index (χ1v) is 8.06. The molecular weight excluding hydrogens is 304 g/mol. The lowest BCUT2D eigenvalue weighted by Gasteiger charge is -2.23. The van der Waals surface area contributed by atoms with Crippen LogP contribution in [-0.2, 0) is 26.0 Å². The van der Waals surface area contributed by atoms with Crippen LogP contribution in [0.4, 0.5) is 0 Å². The Morgan fingerprint density at radius 3 is 2.80 bits per heavy atom. The minimum atomic E-state index is -3.62. The summed E-state index contributed by atoms with van der Waals surface area (Å²) in [6.45, 7) is 1.83. The van der Waals surface area contributed by atoms with Gasteiger partial charge >= 0.3 is 0 Å². The Kier molecular flexibility index (Phi) is 5.36. The summed E-state index contributed by atoms with van der Waals surface area (Å²) in [5.41, 5.74) is 6.19. The van der Waals surface area contributed by atoms with Crippen LogP contribution < -0.4 is 10.5 Å². The number of rotatable bonds is 5. The molecule has 1 heterocycles. The highest BCUT2D eigenvalue weighted by molar-refractivity contribution is 7.89. The molecule has 1 aliphatic heterocycles. The Balaban J connectivity index is 2.04. The van der Waals surface area contributed by atoms with Gasteiger partial charge in [0.25, 0.3) is 0 Å². The molecule has 0 bridgehead atoms. The van der Waals surface area contributed by atoms with Gasteiger partial charge in [-0.3, -0.25) is 0 Å². The van der Waals surface area contributed by atoms with E-state index in [9.17, 15) is 8.42 Å². The second-order valence-corrected chi connectivity index (χ2v) is 6.55. The van der Waals surface area contributed by atoms with Gasteiger partial charge in [-0.15, -0.1) is 0 Å². The van der Waals surface area contributed by atoms with Crippen LogP contribution in [-0.4, -0.2) is 40.9 Å². The molecule has 2 rings (SSSR count). The normalized spacial score (nSPS) is 20.0. The van der Waals surface area contributed by atoms with E-state index in [1.54, 1.807) is 6.07 Å². The van der Waals surface area contributed by atoms with Gasteiger partial charge < -0.3 is 15.2 Å². The molecular formula is C12H17ClN2O4S. The lowest BCUT2D eigenvalue weighted by molar-refractivity contribution is -0.0846. The maximum atomic E-state index is 12.1. The third-order valence-electron chi connectivity index (χ3n) is 2.94. The zero-order valence-electron chi connectivity index (χ0n) is 10.8. The minimum Gasteiger partial charge on any atom is -0.376 e. The van der Waals surface area contributed by atoms with Crippen molar-refractivity contribution in [2.75, 3.05) is 26.4 Å². The molecule has 1 aliphatic rings. The van der Waals surface area contributed by atoms with Crippen molar-refractivity contribution in [2.24, 2.45) is 5.73 Å². The maximum absolute atomic E-state index is 12.1. The summed E-state index contributed by atoms with van der Waals surface area (Å²) < 4.78 is 37.3. The number of sulfonamides is 1. The van der Waals surface area contributed by atoms with Crippen molar-refractivity contribution in [1.29, 1.82) is 0 Å². The average molecular weight is 321 g/mol. The van der Waals surface area contributed by atoms with Crippen LogP contribution in [0.5, 0.6) is 0 Å². The van der Waals surface area contributed by atoms with E-state index in [1.165, 1.54) is 12.1 Å². The quantitative estimate of drug-likeness (QED) is 0.824. The predicted molar refractivity (Wildman–Crippen MR) is 75.1 cm³/mol. The number of hydrogen-bond acceptors (Lipinski definition) is 5. The fraction of sp³-hybridized carbons (Fsp3) is 0.500. The third kappa shape index (κ3) is 3.91. The summed E-state index contributed by atoms with van der Waals surface area (Å²) in [5.74, 6) is 0. The van der Waals surface area contributed by atoms with Crippen molar-refractivity contribution >= 4 is 21.6 Å². The first kappa shape index (κ1) is 15.7. The number of halogens is 1. The van der Waals surface area contributed by atoms with Crippen molar-refractivity contribution in [1.82, 2.24) is 4.72 Å². The predicted octanol–water partition coefficient (Wildman–Crippen LogP) is 0.492. The van der Waals surface area contributed by atoms with Crippen molar-refractivity contribution in [3.63, 3.8) is 0 Å². The highest BCUT2D eigenvalue weighted by atomic mass is 35.5. The van der Waals surface area contributed by atoms with E-state index in [1.807, 2.05) is 0 Å². The van der Waals surface area contributed by atoms with Crippen LogP contribution in [0.2, 0.25) is 5.02 Å². The molecule has 0 aromatic heterocycles. The Hall–Kier alpha value is -0.700. The van der Waals surface area contributed by atoms with Crippen LogP contribution in [0.15, 0.2) is 23.1 Å². The standard InChI is InChI=1S/C12H17ClN2O4S/c13-12-5-11(2-1-9(12)6-14)20(16,17)15-7-10-8-18-3-4-19-10/h1-2,5,10,15H,3-4,6-8,14H2. The molecule has 0 radical (unpaired) electrons. The fourth-order valence-electron chi connectivity index (χ4n) is 1.80. The molecule has 8 heteroatoms. The molecule has 6 nitrogen and oxygen atoms in total. The number of nitrogens with two attached hydrogens (primary N) is 1. The van der Waals surface area contributed by atoms with E-state index in [4.69, 9.17) is 26.8 Å². The Morgan fingerprint density at radius 2 is 2.20 bits per heavy atom. The Morgan fingerprint density at radius 1 is 1.40 bits per heavy atom. The van der Waals surface area contributed by atoms with E-state index < -0.39 is 10.0 Å². The summed E-state index contributed by atoms with van der Waals surface area (Å²) >= 11 is 5.97. The maximum Gasteiger partial charge on any atom is 0.240 e. The molecule has 112 valence electrons. The number of hydrogen-bond donors (Lipinski definition) is 2. The molecule has 0 amide bonds. The summed E-state index contributed by atoms with van der Waals surface area (Å²) in [7, 11) is -3.62. The molecule has 0 spiro atoms. The zero-order chi connectivity index (χ0) is 14.6. The van der Waals surface area contributed by atoms with Crippen LogP contribution >= 0.6 is 11.6 Å². The largest absolute Gasteiger partial charge is 0.376 e. The number of benzene rings is 1. The van der Waals surface area contributed by atoms with E-state index >= 15 is 0 Å². The molecule has 1 fully saturated rings. The highest BCUT2D eigenvalue weighted by Gasteiger charge is 2.20.